The number of quaternary nitrogens is 2. The third-order valence-electron chi connectivity index (χ3n) is 7.11. The first-order valence-corrected chi connectivity index (χ1v) is 13.9. The first kappa shape index (κ1) is 32.8. The van der Waals surface area contributed by atoms with Crippen molar-refractivity contribution in [2.75, 3.05) is 90.2 Å². The van der Waals surface area contributed by atoms with E-state index < -0.39 is 0 Å². The number of unbranched alkanes of at least 4 members (excludes halogenated alkanes) is 3. The molecule has 0 saturated carbocycles. The number of nitrogens with zero attached hydrogens (tertiary/aromatic N) is 4. The zero-order valence-electron chi connectivity index (χ0n) is 19.8. The molecule has 2 heterocycles. The largest absolute Gasteiger partial charge is 1.00 e. The molecule has 0 N–H and O–H groups in total. The molecular formula is C22H42Br4N4O2. The molecule has 2 saturated heterocycles. The van der Waals surface area contributed by atoms with E-state index in [9.17, 15) is 9.59 Å². The highest BCUT2D eigenvalue weighted by atomic mass is 79.9. The summed E-state index contributed by atoms with van der Waals surface area (Å²) in [6.45, 7) is 10.5. The molecule has 2 aliphatic rings. The smallest absolute Gasteiger partial charge is 0.223 e. The van der Waals surface area contributed by atoms with Gasteiger partial charge < -0.3 is 52.7 Å². The van der Waals surface area contributed by atoms with E-state index in [1.165, 1.54) is 38.8 Å². The van der Waals surface area contributed by atoms with Gasteiger partial charge in [-0.3, -0.25) is 9.59 Å². The summed E-state index contributed by atoms with van der Waals surface area (Å²) >= 11 is 6.73. The Morgan fingerprint density at radius 2 is 0.969 bits per heavy atom. The molecule has 0 spiro atoms. The number of hydrogen-bond donors (Lipinski definition) is 0. The van der Waals surface area contributed by atoms with Crippen LogP contribution in [0.15, 0.2) is 0 Å². The molecule has 190 valence electrons. The van der Waals surface area contributed by atoms with Gasteiger partial charge >= 0.3 is 0 Å². The molecule has 2 fully saturated rings. The van der Waals surface area contributed by atoms with Crippen LogP contribution in [0.3, 0.4) is 0 Å². The average molecular weight is 714 g/mol. The van der Waals surface area contributed by atoms with Crippen LogP contribution in [0.1, 0.15) is 38.5 Å². The van der Waals surface area contributed by atoms with Crippen LogP contribution in [0.25, 0.3) is 0 Å². The van der Waals surface area contributed by atoms with E-state index in [0.29, 0.717) is 24.7 Å². The molecule has 2 aliphatic heterocycles. The number of carbonyl (C=O) groups excluding carboxylic acids is 2. The summed E-state index contributed by atoms with van der Waals surface area (Å²) in [6, 6.07) is 0. The molecule has 32 heavy (non-hydrogen) atoms. The van der Waals surface area contributed by atoms with E-state index in [2.05, 4.69) is 46.0 Å². The Kier molecular flexibility index (Phi) is 16.9. The highest BCUT2D eigenvalue weighted by Gasteiger charge is 2.31. The van der Waals surface area contributed by atoms with E-state index in [1.54, 1.807) is 0 Å². The van der Waals surface area contributed by atoms with Gasteiger partial charge in [0.1, 0.15) is 0 Å². The number of piperazine rings is 2. The summed E-state index contributed by atoms with van der Waals surface area (Å²) in [4.78, 5) is 28.2. The van der Waals surface area contributed by atoms with E-state index in [4.69, 9.17) is 0 Å². The minimum Gasteiger partial charge on any atom is -1.00 e. The van der Waals surface area contributed by atoms with Gasteiger partial charge in [0.2, 0.25) is 11.8 Å². The minimum absolute atomic E-state index is 0. The zero-order valence-corrected chi connectivity index (χ0v) is 26.2. The van der Waals surface area contributed by atoms with Crippen LogP contribution >= 0.6 is 31.9 Å². The maximum absolute atomic E-state index is 12.0. The van der Waals surface area contributed by atoms with Crippen molar-refractivity contribution in [1.82, 2.24) is 9.80 Å². The molecule has 0 aromatic rings. The quantitative estimate of drug-likeness (QED) is 0.128. The predicted octanol–water partition coefficient (Wildman–Crippen LogP) is -3.30. The van der Waals surface area contributed by atoms with E-state index in [0.717, 1.165) is 72.0 Å². The molecule has 2 rings (SSSR count). The van der Waals surface area contributed by atoms with Gasteiger partial charge in [0.15, 0.2) is 0 Å². The molecule has 0 radical (unpaired) electrons. The number of amides is 2. The van der Waals surface area contributed by atoms with Crippen molar-refractivity contribution < 1.29 is 52.5 Å². The van der Waals surface area contributed by atoms with Crippen molar-refractivity contribution in [2.45, 2.75) is 38.5 Å². The van der Waals surface area contributed by atoms with Crippen molar-refractivity contribution in [3.05, 3.63) is 0 Å². The fourth-order valence-corrected chi connectivity index (χ4v) is 5.34. The fourth-order valence-electron chi connectivity index (χ4n) is 4.66. The fraction of sp³-hybridized carbons (Fsp3) is 0.909. The highest BCUT2D eigenvalue weighted by Crippen LogP contribution is 2.16. The summed E-state index contributed by atoms with van der Waals surface area (Å²) in [6.07, 6.45) is 6.40. The van der Waals surface area contributed by atoms with Crippen LogP contribution in [0.4, 0.5) is 0 Å². The lowest BCUT2D eigenvalue weighted by atomic mass is 10.1. The molecule has 0 aromatic heterocycles. The molecular weight excluding hydrogens is 672 g/mol. The molecule has 0 aromatic carbocycles. The van der Waals surface area contributed by atoms with E-state index in [-0.39, 0.29) is 34.0 Å². The van der Waals surface area contributed by atoms with Crippen molar-refractivity contribution in [1.29, 1.82) is 0 Å². The first-order valence-electron chi connectivity index (χ1n) is 11.7. The van der Waals surface area contributed by atoms with Gasteiger partial charge in [-0.25, -0.2) is 0 Å². The summed E-state index contributed by atoms with van der Waals surface area (Å²) in [5.41, 5.74) is 0. The average Bonchev–Trinajstić information content (AvgIpc) is 2.72. The summed E-state index contributed by atoms with van der Waals surface area (Å²) < 4.78 is 2.23. The Balaban J connectivity index is 0.00000480. The lowest BCUT2D eigenvalue weighted by Gasteiger charge is -2.42. The van der Waals surface area contributed by atoms with Crippen molar-refractivity contribution >= 4 is 43.7 Å². The Morgan fingerprint density at radius 1 is 0.656 bits per heavy atom. The van der Waals surface area contributed by atoms with Gasteiger partial charge in [-0.05, 0) is 25.7 Å². The second-order valence-electron chi connectivity index (χ2n) is 9.63. The van der Waals surface area contributed by atoms with Crippen LogP contribution in [0, 0.1) is 0 Å². The van der Waals surface area contributed by atoms with Gasteiger partial charge in [0.25, 0.3) is 0 Å². The van der Waals surface area contributed by atoms with Gasteiger partial charge in [0, 0.05) is 23.5 Å². The third kappa shape index (κ3) is 11.0. The number of likely N-dealkylation sites (N-methyl/N-ethyl adjacent to an activating group) is 2. The van der Waals surface area contributed by atoms with Crippen LogP contribution in [-0.4, -0.2) is 121 Å². The topological polar surface area (TPSA) is 40.6 Å². The third-order valence-corrected chi connectivity index (χ3v) is 7.90. The second-order valence-corrected chi connectivity index (χ2v) is 11.2. The maximum atomic E-state index is 12.0. The molecule has 6 nitrogen and oxygen atoms in total. The summed E-state index contributed by atoms with van der Waals surface area (Å²) in [5, 5.41) is 1.53. The Hall–Kier alpha value is 0.780. The monoisotopic (exact) mass is 710 g/mol. The Morgan fingerprint density at radius 3 is 1.25 bits per heavy atom. The van der Waals surface area contributed by atoms with E-state index in [1.807, 2.05) is 9.80 Å². The normalized spacial score (nSPS) is 19.6. The van der Waals surface area contributed by atoms with Crippen LogP contribution in [0.5, 0.6) is 0 Å². The first-order chi connectivity index (χ1) is 14.3. The van der Waals surface area contributed by atoms with Crippen molar-refractivity contribution in [2.24, 2.45) is 0 Å². The number of hydrogen-bond acceptors (Lipinski definition) is 2. The maximum Gasteiger partial charge on any atom is 0.223 e. The minimum atomic E-state index is 0. The van der Waals surface area contributed by atoms with Crippen molar-refractivity contribution in [3.63, 3.8) is 0 Å². The molecule has 0 atom stereocenters. The molecule has 10 heteroatoms. The number of alkyl halides is 2. The van der Waals surface area contributed by atoms with Crippen LogP contribution in [0.2, 0.25) is 0 Å². The second kappa shape index (κ2) is 16.5. The SMILES string of the molecule is C[N+]1(CCCCCC[N+]2(C)CCN(C(=O)CCBr)CC2)CCN(C(=O)CCBr)CC1.[Br-].[Br-]. The lowest BCUT2D eigenvalue weighted by Crippen LogP contribution is -3.00. The zero-order chi connectivity index (χ0) is 22.0. The predicted molar refractivity (Wildman–Crippen MR) is 130 cm³/mol. The number of halogens is 4. The van der Waals surface area contributed by atoms with E-state index >= 15 is 0 Å². The summed E-state index contributed by atoms with van der Waals surface area (Å²) in [7, 11) is 4.71. The number of carbonyl (C=O) groups is 2. The standard InChI is InChI=1S/C22H42Br2N4O2.2BrH/c1-27(17-11-25(12-18-27)21(29)7-9-23)15-5-3-4-6-16-28(2)19-13-26(14-20-28)22(30)8-10-24;;/h3-20H2,1-2H3;2*1H/q+2;;/p-2. The van der Waals surface area contributed by atoms with Gasteiger partial charge in [-0.2, -0.15) is 0 Å². The van der Waals surface area contributed by atoms with Crippen molar-refractivity contribution in [3.8, 4) is 0 Å². The highest BCUT2D eigenvalue weighted by molar-refractivity contribution is 9.09. The van der Waals surface area contributed by atoms with Gasteiger partial charge in [0.05, 0.1) is 79.5 Å². The summed E-state index contributed by atoms with van der Waals surface area (Å²) in [5.74, 6) is 0.589. The molecule has 0 aliphatic carbocycles. The molecule has 0 bridgehead atoms. The number of rotatable bonds is 11. The van der Waals surface area contributed by atoms with Gasteiger partial charge in [-0.1, -0.05) is 31.9 Å². The Bertz CT molecular complexity index is 504. The molecule has 2 amide bonds. The van der Waals surface area contributed by atoms with Crippen LogP contribution in [-0.2, 0) is 9.59 Å². The molecule has 0 unspecified atom stereocenters. The van der Waals surface area contributed by atoms with Gasteiger partial charge in [-0.15, -0.1) is 0 Å². The lowest BCUT2D eigenvalue weighted by molar-refractivity contribution is -0.914. The Labute approximate surface area is 233 Å². The van der Waals surface area contributed by atoms with Crippen LogP contribution < -0.4 is 34.0 Å².